The predicted molar refractivity (Wildman–Crippen MR) is 79.3 cm³/mol. The number of aromatic nitrogens is 1. The molecule has 2 aliphatic heterocycles. The van der Waals surface area contributed by atoms with Crippen molar-refractivity contribution in [2.45, 2.75) is 51.2 Å². The molecule has 3 heterocycles. The zero-order chi connectivity index (χ0) is 14.6. The van der Waals surface area contributed by atoms with Gasteiger partial charge in [0.1, 0.15) is 16.9 Å². The Hall–Kier alpha value is -1.29. The van der Waals surface area contributed by atoms with Crippen LogP contribution < -0.4 is 4.74 Å². The monoisotopic (exact) mass is 306 g/mol. The van der Waals surface area contributed by atoms with Gasteiger partial charge in [0.25, 0.3) is 0 Å². The maximum atomic E-state index is 13.0. The maximum Gasteiger partial charge on any atom is 0.229 e. The van der Waals surface area contributed by atoms with Crippen LogP contribution in [0, 0.1) is 5.41 Å². The zero-order valence-electron chi connectivity index (χ0n) is 12.1. The molecule has 1 aliphatic carbocycles. The molecule has 0 N–H and O–H groups in total. The molecule has 1 amide bonds. The SMILES string of the molecule is CC1(C(=O)N2C[C@@H]3C[C@H]2c2cncc(Cl)c2O3)CCCC1. The van der Waals surface area contributed by atoms with Crippen LogP contribution in [0.4, 0.5) is 0 Å². The first kappa shape index (κ1) is 13.4. The van der Waals surface area contributed by atoms with Crippen molar-refractivity contribution in [2.75, 3.05) is 6.54 Å². The largest absolute Gasteiger partial charge is 0.486 e. The lowest BCUT2D eigenvalue weighted by molar-refractivity contribution is -0.142. The first-order valence-electron chi connectivity index (χ1n) is 7.70. The fourth-order valence-corrected chi connectivity index (χ4v) is 4.29. The van der Waals surface area contributed by atoms with Gasteiger partial charge in [0.2, 0.25) is 5.91 Å². The van der Waals surface area contributed by atoms with Crippen molar-refractivity contribution in [3.8, 4) is 5.75 Å². The predicted octanol–water partition coefficient (Wildman–Crippen LogP) is 3.35. The van der Waals surface area contributed by atoms with Crippen molar-refractivity contribution < 1.29 is 9.53 Å². The van der Waals surface area contributed by atoms with E-state index in [9.17, 15) is 4.79 Å². The molecule has 112 valence electrons. The van der Waals surface area contributed by atoms with Gasteiger partial charge in [-0.25, -0.2) is 0 Å². The van der Waals surface area contributed by atoms with Crippen LogP contribution >= 0.6 is 11.6 Å². The summed E-state index contributed by atoms with van der Waals surface area (Å²) in [5, 5.41) is 0.545. The van der Waals surface area contributed by atoms with Crippen molar-refractivity contribution in [1.29, 1.82) is 0 Å². The average molecular weight is 307 g/mol. The van der Waals surface area contributed by atoms with E-state index >= 15 is 0 Å². The van der Waals surface area contributed by atoms with Crippen molar-refractivity contribution in [3.63, 3.8) is 0 Å². The Balaban J connectivity index is 1.69. The zero-order valence-corrected chi connectivity index (χ0v) is 12.9. The van der Waals surface area contributed by atoms with Crippen molar-refractivity contribution in [1.82, 2.24) is 9.88 Å². The molecule has 0 unspecified atom stereocenters. The van der Waals surface area contributed by atoms with E-state index in [4.69, 9.17) is 16.3 Å². The number of fused-ring (bicyclic) bond motifs is 4. The van der Waals surface area contributed by atoms with Gasteiger partial charge in [-0.1, -0.05) is 31.4 Å². The number of halogens is 1. The number of hydrogen-bond donors (Lipinski definition) is 0. The Morgan fingerprint density at radius 2 is 2.19 bits per heavy atom. The lowest BCUT2D eigenvalue weighted by Crippen LogP contribution is -2.41. The third-order valence-electron chi connectivity index (χ3n) is 5.27. The number of hydrogen-bond acceptors (Lipinski definition) is 3. The summed E-state index contributed by atoms with van der Waals surface area (Å²) in [6.45, 7) is 2.78. The molecule has 0 aromatic carbocycles. The summed E-state index contributed by atoms with van der Waals surface area (Å²) in [5.74, 6) is 1.00. The van der Waals surface area contributed by atoms with Gasteiger partial charge in [0, 0.05) is 29.8 Å². The number of pyridine rings is 1. The number of ether oxygens (including phenoxy) is 1. The van der Waals surface area contributed by atoms with Gasteiger partial charge >= 0.3 is 0 Å². The molecule has 1 aromatic heterocycles. The quantitative estimate of drug-likeness (QED) is 0.799. The Bertz CT molecular complexity index is 598. The second-order valence-electron chi connectivity index (χ2n) is 6.76. The highest BCUT2D eigenvalue weighted by Crippen LogP contribution is 2.49. The Morgan fingerprint density at radius 3 is 2.95 bits per heavy atom. The van der Waals surface area contributed by atoms with E-state index in [2.05, 4.69) is 11.9 Å². The van der Waals surface area contributed by atoms with Gasteiger partial charge in [-0.2, -0.15) is 0 Å². The molecular formula is C16H19ClN2O2. The van der Waals surface area contributed by atoms with Crippen LogP contribution in [0.1, 0.15) is 50.6 Å². The summed E-state index contributed by atoms with van der Waals surface area (Å²) in [7, 11) is 0. The summed E-state index contributed by atoms with van der Waals surface area (Å²) in [4.78, 5) is 19.2. The van der Waals surface area contributed by atoms with Crippen LogP contribution in [-0.4, -0.2) is 28.4 Å². The number of rotatable bonds is 1. The molecule has 4 nitrogen and oxygen atoms in total. The van der Waals surface area contributed by atoms with E-state index in [1.165, 1.54) is 0 Å². The first-order chi connectivity index (χ1) is 10.1. The highest BCUT2D eigenvalue weighted by Gasteiger charge is 2.48. The van der Waals surface area contributed by atoms with Crippen molar-refractivity contribution in [3.05, 3.63) is 23.0 Å². The van der Waals surface area contributed by atoms with Gasteiger partial charge in [0.05, 0.1) is 12.6 Å². The highest BCUT2D eigenvalue weighted by molar-refractivity contribution is 6.32. The normalized spacial score (nSPS) is 29.1. The minimum absolute atomic E-state index is 0.0661. The smallest absolute Gasteiger partial charge is 0.229 e. The molecule has 1 aromatic rings. The standard InChI is InChI=1S/C16H19ClN2O2/c1-16(4-2-3-5-16)15(20)19-9-10-6-13(19)11-7-18-8-12(17)14(11)21-10/h7-8,10,13H,2-6,9H2,1H3/t10-,13-/m0/s1. The third kappa shape index (κ3) is 1.95. The summed E-state index contributed by atoms with van der Waals surface area (Å²) in [6.07, 6.45) is 8.64. The molecule has 1 saturated heterocycles. The van der Waals surface area contributed by atoms with Crippen LogP contribution in [0.3, 0.4) is 0 Å². The van der Waals surface area contributed by atoms with Crippen LogP contribution in [0.15, 0.2) is 12.4 Å². The second kappa shape index (κ2) is 4.60. The highest BCUT2D eigenvalue weighted by atomic mass is 35.5. The summed E-state index contributed by atoms with van der Waals surface area (Å²) < 4.78 is 5.96. The van der Waals surface area contributed by atoms with Crippen molar-refractivity contribution in [2.24, 2.45) is 5.41 Å². The molecule has 21 heavy (non-hydrogen) atoms. The van der Waals surface area contributed by atoms with Crippen LogP contribution in [-0.2, 0) is 4.79 Å². The molecule has 2 fully saturated rings. The van der Waals surface area contributed by atoms with Crippen LogP contribution in [0.2, 0.25) is 5.02 Å². The second-order valence-corrected chi connectivity index (χ2v) is 7.16. The molecule has 1 saturated carbocycles. The summed E-state index contributed by atoms with van der Waals surface area (Å²) in [6, 6.07) is 0.0786. The molecule has 2 bridgehead atoms. The fraction of sp³-hybridized carbons (Fsp3) is 0.625. The Morgan fingerprint density at radius 1 is 1.43 bits per heavy atom. The van der Waals surface area contributed by atoms with Crippen LogP contribution in [0.5, 0.6) is 5.75 Å². The minimum atomic E-state index is -0.191. The van der Waals surface area contributed by atoms with E-state index in [1.807, 2.05) is 4.90 Å². The topological polar surface area (TPSA) is 42.4 Å². The Labute approximate surface area is 129 Å². The number of carbonyl (C=O) groups is 1. The van der Waals surface area contributed by atoms with Gasteiger partial charge in [-0.05, 0) is 12.8 Å². The third-order valence-corrected chi connectivity index (χ3v) is 5.54. The number of likely N-dealkylation sites (tertiary alicyclic amines) is 1. The van der Waals surface area contributed by atoms with Gasteiger partial charge < -0.3 is 9.64 Å². The lowest BCUT2D eigenvalue weighted by atomic mass is 9.86. The average Bonchev–Trinajstić information content (AvgIpc) is 3.05. The fourth-order valence-electron chi connectivity index (χ4n) is 4.08. The van der Waals surface area contributed by atoms with E-state index in [1.54, 1.807) is 12.4 Å². The molecular weight excluding hydrogens is 288 g/mol. The molecule has 3 aliphatic rings. The van der Waals surface area contributed by atoms with E-state index in [0.29, 0.717) is 11.6 Å². The van der Waals surface area contributed by atoms with E-state index in [0.717, 1.165) is 43.4 Å². The summed E-state index contributed by atoms with van der Waals surface area (Å²) in [5.41, 5.74) is 0.773. The maximum absolute atomic E-state index is 13.0. The van der Waals surface area contributed by atoms with Crippen molar-refractivity contribution >= 4 is 17.5 Å². The molecule has 2 atom stereocenters. The van der Waals surface area contributed by atoms with E-state index < -0.39 is 0 Å². The lowest BCUT2D eigenvalue weighted by Gasteiger charge is -2.32. The molecule has 0 radical (unpaired) electrons. The van der Waals surface area contributed by atoms with E-state index in [-0.39, 0.29) is 23.5 Å². The molecule has 5 heteroatoms. The first-order valence-corrected chi connectivity index (χ1v) is 8.07. The van der Waals surface area contributed by atoms with Gasteiger partial charge in [-0.15, -0.1) is 0 Å². The minimum Gasteiger partial charge on any atom is -0.486 e. The number of carbonyl (C=O) groups excluding carboxylic acids is 1. The number of nitrogens with zero attached hydrogens (tertiary/aromatic N) is 2. The number of amides is 1. The van der Waals surface area contributed by atoms with Crippen LogP contribution in [0.25, 0.3) is 0 Å². The van der Waals surface area contributed by atoms with Gasteiger partial charge in [0.15, 0.2) is 0 Å². The Kier molecular flexibility index (Phi) is 2.93. The molecule has 0 spiro atoms. The molecule has 4 rings (SSSR count). The summed E-state index contributed by atoms with van der Waals surface area (Å²) >= 11 is 6.19. The van der Waals surface area contributed by atoms with Gasteiger partial charge in [-0.3, -0.25) is 9.78 Å².